The van der Waals surface area contributed by atoms with E-state index in [0.29, 0.717) is 22.6 Å². The van der Waals surface area contributed by atoms with Crippen LogP contribution in [0.3, 0.4) is 0 Å². The molecular weight excluding hydrogens is 351 g/mol. The van der Waals surface area contributed by atoms with Gasteiger partial charge in [0.1, 0.15) is 22.8 Å². The molecule has 6 nitrogen and oxygen atoms in total. The number of halogens is 1. The van der Waals surface area contributed by atoms with Gasteiger partial charge in [-0.05, 0) is 36.8 Å². The highest BCUT2D eigenvalue weighted by atomic mass is 32.3. The molecule has 0 fully saturated rings. The van der Waals surface area contributed by atoms with Crippen molar-refractivity contribution in [3.8, 4) is 22.6 Å². The van der Waals surface area contributed by atoms with E-state index in [2.05, 4.69) is 4.18 Å². The van der Waals surface area contributed by atoms with E-state index in [4.69, 9.17) is 9.15 Å². The highest BCUT2D eigenvalue weighted by Crippen LogP contribution is 2.28. The number of methoxy groups -OCH3 is 1. The molecule has 8 heteroatoms. The zero-order valence-corrected chi connectivity index (χ0v) is 14.1. The van der Waals surface area contributed by atoms with Crippen molar-refractivity contribution in [3.63, 3.8) is 0 Å². The first-order valence-corrected chi connectivity index (χ1v) is 8.45. The third kappa shape index (κ3) is 3.48. The van der Waals surface area contributed by atoms with Crippen LogP contribution in [0.25, 0.3) is 22.1 Å². The van der Waals surface area contributed by atoms with Gasteiger partial charge in [-0.2, -0.15) is 8.42 Å². The molecule has 130 valence electrons. The fourth-order valence-corrected chi connectivity index (χ4v) is 2.88. The number of rotatable bonds is 4. The van der Waals surface area contributed by atoms with E-state index >= 15 is 0 Å². The van der Waals surface area contributed by atoms with Crippen LogP contribution >= 0.6 is 0 Å². The molecule has 1 heterocycles. The molecule has 0 saturated carbocycles. The van der Waals surface area contributed by atoms with Crippen LogP contribution in [0.5, 0.6) is 11.5 Å². The predicted octanol–water partition coefficient (Wildman–Crippen LogP) is 3.37. The maximum absolute atomic E-state index is 12.8. The van der Waals surface area contributed by atoms with Gasteiger partial charge in [0.25, 0.3) is 0 Å². The Kier molecular flexibility index (Phi) is 4.22. The Balaban J connectivity index is 2.15. The number of aryl methyl sites for hydroxylation is 1. The van der Waals surface area contributed by atoms with Crippen molar-refractivity contribution in [3.05, 3.63) is 58.4 Å². The standard InChI is InChI=1S/C17H13FO6S/c1-10-16(11-3-5-12(22-2)6-4-11)17(19)14-8-7-13(9-15(14)23-10)24-25(18,20)21/h3-9H,1-2H3. The van der Waals surface area contributed by atoms with Gasteiger partial charge in [0.05, 0.1) is 18.1 Å². The second-order valence-corrected chi connectivity index (χ2v) is 6.18. The predicted molar refractivity (Wildman–Crippen MR) is 89.9 cm³/mol. The first-order valence-electron chi connectivity index (χ1n) is 7.14. The Labute approximate surface area is 142 Å². The summed E-state index contributed by atoms with van der Waals surface area (Å²) in [4.78, 5) is 12.8. The molecule has 0 N–H and O–H groups in total. The van der Waals surface area contributed by atoms with Crippen molar-refractivity contribution in [1.82, 2.24) is 0 Å². The van der Waals surface area contributed by atoms with Gasteiger partial charge in [-0.25, -0.2) is 0 Å². The smallest absolute Gasteiger partial charge is 0.488 e. The zero-order valence-electron chi connectivity index (χ0n) is 13.3. The molecule has 0 unspecified atom stereocenters. The van der Waals surface area contributed by atoms with E-state index in [1.807, 2.05) is 0 Å². The Morgan fingerprint density at radius 3 is 2.28 bits per heavy atom. The monoisotopic (exact) mass is 364 g/mol. The summed E-state index contributed by atoms with van der Waals surface area (Å²) in [7, 11) is -3.61. The molecule has 0 radical (unpaired) electrons. The molecule has 0 saturated heterocycles. The van der Waals surface area contributed by atoms with E-state index in [-0.39, 0.29) is 22.1 Å². The second-order valence-electron chi connectivity index (χ2n) is 5.23. The minimum atomic E-state index is -5.16. The highest BCUT2D eigenvalue weighted by Gasteiger charge is 2.16. The number of ether oxygens (including phenoxy) is 1. The Bertz CT molecular complexity index is 1100. The summed E-state index contributed by atoms with van der Waals surface area (Å²) in [5.74, 6) is 0.707. The molecule has 3 rings (SSSR count). The summed E-state index contributed by atoms with van der Waals surface area (Å²) in [6.45, 7) is 1.61. The molecule has 0 aliphatic carbocycles. The summed E-state index contributed by atoms with van der Waals surface area (Å²) < 4.78 is 48.6. The number of hydrogen-bond acceptors (Lipinski definition) is 6. The topological polar surface area (TPSA) is 82.8 Å². The quantitative estimate of drug-likeness (QED) is 0.660. The summed E-state index contributed by atoms with van der Waals surface area (Å²) >= 11 is 0. The van der Waals surface area contributed by atoms with E-state index in [0.717, 1.165) is 6.07 Å². The van der Waals surface area contributed by atoms with Gasteiger partial charge in [-0.3, -0.25) is 4.79 Å². The average molecular weight is 364 g/mol. The molecular formula is C17H13FO6S. The van der Waals surface area contributed by atoms with Crippen LogP contribution in [0.1, 0.15) is 5.76 Å². The lowest BCUT2D eigenvalue weighted by molar-refractivity contribution is 0.415. The third-order valence-corrected chi connectivity index (χ3v) is 4.01. The molecule has 1 aromatic heterocycles. The molecule has 3 aromatic rings. The SMILES string of the molecule is COc1ccc(-c2c(C)oc3cc(OS(=O)(=O)F)ccc3c2=O)cc1. The molecule has 0 aliphatic heterocycles. The number of hydrogen-bond donors (Lipinski definition) is 0. The van der Waals surface area contributed by atoms with Crippen LogP contribution in [0.15, 0.2) is 51.7 Å². The Morgan fingerprint density at radius 1 is 1.04 bits per heavy atom. The molecule has 25 heavy (non-hydrogen) atoms. The number of benzene rings is 2. The van der Waals surface area contributed by atoms with Crippen molar-refractivity contribution in [2.75, 3.05) is 7.11 Å². The molecule has 0 bridgehead atoms. The van der Waals surface area contributed by atoms with Gasteiger partial charge in [-0.15, -0.1) is 0 Å². The summed E-state index contributed by atoms with van der Waals surface area (Å²) in [6, 6.07) is 10.6. The van der Waals surface area contributed by atoms with Gasteiger partial charge in [0.15, 0.2) is 0 Å². The lowest BCUT2D eigenvalue weighted by Gasteiger charge is -2.08. The van der Waals surface area contributed by atoms with Gasteiger partial charge < -0.3 is 13.3 Å². The summed E-state index contributed by atoms with van der Waals surface area (Å²) in [5, 5.41) is 0.222. The van der Waals surface area contributed by atoms with Gasteiger partial charge in [0.2, 0.25) is 5.43 Å². The zero-order chi connectivity index (χ0) is 18.2. The van der Waals surface area contributed by atoms with Crippen LogP contribution in [0.4, 0.5) is 3.89 Å². The van der Waals surface area contributed by atoms with Crippen LogP contribution in [0.2, 0.25) is 0 Å². The normalized spacial score (nSPS) is 11.5. The largest absolute Gasteiger partial charge is 0.497 e. The highest BCUT2D eigenvalue weighted by molar-refractivity contribution is 7.81. The minimum absolute atomic E-state index is 0.0981. The summed E-state index contributed by atoms with van der Waals surface area (Å²) in [6.07, 6.45) is 0. The van der Waals surface area contributed by atoms with Crippen LogP contribution in [0, 0.1) is 6.92 Å². The van der Waals surface area contributed by atoms with Crippen molar-refractivity contribution in [1.29, 1.82) is 0 Å². The fraction of sp³-hybridized carbons (Fsp3) is 0.118. The maximum Gasteiger partial charge on any atom is 0.488 e. The lowest BCUT2D eigenvalue weighted by atomic mass is 10.0. The molecule has 0 aliphatic rings. The molecule has 2 aromatic carbocycles. The van der Waals surface area contributed by atoms with Gasteiger partial charge in [0, 0.05) is 6.07 Å². The van der Waals surface area contributed by atoms with Gasteiger partial charge >= 0.3 is 10.5 Å². The molecule has 0 spiro atoms. The Morgan fingerprint density at radius 2 is 1.68 bits per heavy atom. The van der Waals surface area contributed by atoms with Crippen molar-refractivity contribution in [2.45, 2.75) is 6.92 Å². The second kappa shape index (κ2) is 6.21. The first-order chi connectivity index (χ1) is 11.8. The van der Waals surface area contributed by atoms with E-state index in [1.165, 1.54) is 12.1 Å². The lowest BCUT2D eigenvalue weighted by Crippen LogP contribution is -2.08. The fourth-order valence-electron chi connectivity index (χ4n) is 2.54. The Hall–Kier alpha value is -2.87. The van der Waals surface area contributed by atoms with E-state index in [1.54, 1.807) is 38.3 Å². The maximum atomic E-state index is 12.8. The third-order valence-electron chi connectivity index (χ3n) is 3.61. The van der Waals surface area contributed by atoms with Crippen LogP contribution in [-0.2, 0) is 10.5 Å². The van der Waals surface area contributed by atoms with Gasteiger partial charge in [-0.1, -0.05) is 16.0 Å². The van der Waals surface area contributed by atoms with E-state index < -0.39 is 10.5 Å². The van der Waals surface area contributed by atoms with Crippen molar-refractivity contribution < 1.29 is 25.6 Å². The summed E-state index contributed by atoms with van der Waals surface area (Å²) in [5.41, 5.74) is 0.835. The molecule has 0 atom stereocenters. The van der Waals surface area contributed by atoms with Crippen molar-refractivity contribution in [2.24, 2.45) is 0 Å². The van der Waals surface area contributed by atoms with E-state index in [9.17, 15) is 17.1 Å². The number of fused-ring (bicyclic) bond motifs is 1. The van der Waals surface area contributed by atoms with Crippen molar-refractivity contribution >= 4 is 21.5 Å². The molecule has 0 amide bonds. The van der Waals surface area contributed by atoms with Crippen LogP contribution in [-0.4, -0.2) is 15.5 Å². The first kappa shape index (κ1) is 17.0. The average Bonchev–Trinajstić information content (AvgIpc) is 2.53. The van der Waals surface area contributed by atoms with Crippen LogP contribution < -0.4 is 14.3 Å². The minimum Gasteiger partial charge on any atom is -0.497 e.